The van der Waals surface area contributed by atoms with E-state index in [-0.39, 0.29) is 5.28 Å². The Morgan fingerprint density at radius 2 is 1.56 bits per heavy atom. The molecule has 2 aromatic rings. The lowest BCUT2D eigenvalue weighted by Crippen LogP contribution is -1.98. The highest BCUT2D eigenvalue weighted by Crippen LogP contribution is 2.32. The van der Waals surface area contributed by atoms with E-state index in [0.29, 0.717) is 26.6 Å². The molecule has 0 unspecified atom stereocenters. The fourth-order valence-electron chi connectivity index (χ4n) is 1.29. The fourth-order valence-corrected chi connectivity index (χ4v) is 2.17. The smallest absolute Gasteiger partial charge is 0.229 e. The average molecular weight is 297 g/mol. The van der Waals surface area contributed by atoms with Crippen LogP contribution < -0.4 is 0 Å². The minimum absolute atomic E-state index is 0.220. The molecule has 0 N–H and O–H groups in total. The summed E-state index contributed by atoms with van der Waals surface area (Å²) in [5, 5.41) is 8.99. The largest absolute Gasteiger partial charge is 0.268 e. The molecular weight excluding hydrogens is 292 g/mol. The highest BCUT2D eigenvalue weighted by atomic mass is 35.5. The van der Waals surface area contributed by atoms with Gasteiger partial charge in [0.05, 0.1) is 20.8 Å². The standard InChI is InChI=1S/C9H5Cl4N3/c1-4-14-15-9(13)16(4)8-3-6(11)5(10)2-7(8)12/h2-3H,1H3. The molecule has 1 aromatic carbocycles. The second kappa shape index (κ2) is 4.41. The molecule has 0 spiro atoms. The molecule has 7 heteroatoms. The SMILES string of the molecule is Cc1nnc(Cl)n1-c1cc(Cl)c(Cl)cc1Cl. The van der Waals surface area contributed by atoms with Crippen molar-refractivity contribution in [2.75, 3.05) is 0 Å². The molecule has 84 valence electrons. The van der Waals surface area contributed by atoms with Gasteiger partial charge in [0.25, 0.3) is 0 Å². The van der Waals surface area contributed by atoms with Crippen LogP contribution in [0.2, 0.25) is 20.4 Å². The number of nitrogens with zero attached hydrogens (tertiary/aromatic N) is 3. The first-order chi connectivity index (χ1) is 7.50. The second-order valence-corrected chi connectivity index (χ2v) is 4.63. The van der Waals surface area contributed by atoms with E-state index in [1.807, 2.05) is 0 Å². The summed E-state index contributed by atoms with van der Waals surface area (Å²) in [5.74, 6) is 0.616. The predicted molar refractivity (Wildman–Crippen MR) is 66.1 cm³/mol. The number of hydrogen-bond acceptors (Lipinski definition) is 2. The van der Waals surface area contributed by atoms with Crippen molar-refractivity contribution in [2.45, 2.75) is 6.92 Å². The van der Waals surface area contributed by atoms with E-state index in [1.54, 1.807) is 23.6 Å². The molecule has 0 saturated carbocycles. The van der Waals surface area contributed by atoms with Gasteiger partial charge in [-0.2, -0.15) is 0 Å². The average Bonchev–Trinajstić information content (AvgIpc) is 2.53. The van der Waals surface area contributed by atoms with Crippen molar-refractivity contribution in [3.63, 3.8) is 0 Å². The van der Waals surface area contributed by atoms with E-state index in [4.69, 9.17) is 46.4 Å². The molecule has 0 fully saturated rings. The van der Waals surface area contributed by atoms with E-state index >= 15 is 0 Å². The molecule has 1 heterocycles. The minimum atomic E-state index is 0.220. The zero-order chi connectivity index (χ0) is 11.9. The quantitative estimate of drug-likeness (QED) is 0.739. The van der Waals surface area contributed by atoms with E-state index in [1.165, 1.54) is 0 Å². The number of halogens is 4. The first-order valence-corrected chi connectivity index (χ1v) is 5.74. The molecule has 0 atom stereocenters. The Balaban J connectivity index is 2.69. The maximum Gasteiger partial charge on any atom is 0.229 e. The highest BCUT2D eigenvalue weighted by molar-refractivity contribution is 6.43. The van der Waals surface area contributed by atoms with Gasteiger partial charge in [-0.1, -0.05) is 34.8 Å². The predicted octanol–water partition coefficient (Wildman–Crippen LogP) is 4.19. The van der Waals surface area contributed by atoms with Crippen molar-refractivity contribution in [3.05, 3.63) is 38.3 Å². The fraction of sp³-hybridized carbons (Fsp3) is 0.111. The summed E-state index contributed by atoms with van der Waals surface area (Å²) in [6, 6.07) is 3.17. The van der Waals surface area contributed by atoms with E-state index in [0.717, 1.165) is 0 Å². The Kier molecular flexibility index (Phi) is 3.31. The lowest BCUT2D eigenvalue weighted by atomic mass is 10.3. The van der Waals surface area contributed by atoms with E-state index in [9.17, 15) is 0 Å². The Labute approximate surface area is 112 Å². The normalized spacial score (nSPS) is 10.8. The number of rotatable bonds is 1. The molecule has 1 aromatic heterocycles. The molecule has 0 aliphatic heterocycles. The molecular formula is C9H5Cl4N3. The van der Waals surface area contributed by atoms with Gasteiger partial charge in [-0.3, -0.25) is 4.57 Å². The lowest BCUT2D eigenvalue weighted by Gasteiger charge is -2.09. The molecule has 0 amide bonds. The Bertz CT molecular complexity index is 530. The Hall–Kier alpha value is -0.480. The summed E-state index contributed by atoms with van der Waals surface area (Å²) in [7, 11) is 0. The topological polar surface area (TPSA) is 30.7 Å². The summed E-state index contributed by atoms with van der Waals surface area (Å²) < 4.78 is 1.59. The summed E-state index contributed by atoms with van der Waals surface area (Å²) in [5.41, 5.74) is 0.601. The van der Waals surface area contributed by atoms with Crippen molar-refractivity contribution >= 4 is 46.4 Å². The van der Waals surface area contributed by atoms with Crippen LogP contribution in [0.5, 0.6) is 0 Å². The molecule has 0 bridgehead atoms. The zero-order valence-electron chi connectivity index (χ0n) is 8.01. The number of benzene rings is 1. The van der Waals surface area contributed by atoms with Crippen molar-refractivity contribution < 1.29 is 0 Å². The third-order valence-electron chi connectivity index (χ3n) is 2.02. The zero-order valence-corrected chi connectivity index (χ0v) is 11.0. The van der Waals surface area contributed by atoms with Gasteiger partial charge in [0.15, 0.2) is 0 Å². The molecule has 2 rings (SSSR count). The van der Waals surface area contributed by atoms with Gasteiger partial charge in [0.2, 0.25) is 5.28 Å². The van der Waals surface area contributed by atoms with Gasteiger partial charge < -0.3 is 0 Å². The third-order valence-corrected chi connectivity index (χ3v) is 3.29. The second-order valence-electron chi connectivity index (χ2n) is 3.07. The van der Waals surface area contributed by atoms with Crippen LogP contribution in [0.25, 0.3) is 5.69 Å². The van der Waals surface area contributed by atoms with Gasteiger partial charge in [-0.05, 0) is 30.7 Å². The van der Waals surface area contributed by atoms with Crippen LogP contribution in [-0.2, 0) is 0 Å². The summed E-state index contributed by atoms with van der Waals surface area (Å²) >= 11 is 23.7. The van der Waals surface area contributed by atoms with E-state index < -0.39 is 0 Å². The van der Waals surface area contributed by atoms with Crippen molar-refractivity contribution in [2.24, 2.45) is 0 Å². The van der Waals surface area contributed by atoms with Gasteiger partial charge in [0.1, 0.15) is 5.82 Å². The molecule has 3 nitrogen and oxygen atoms in total. The molecule has 0 radical (unpaired) electrons. The van der Waals surface area contributed by atoms with Crippen molar-refractivity contribution in [1.29, 1.82) is 0 Å². The maximum atomic E-state index is 6.06. The first kappa shape index (κ1) is 12.0. The van der Waals surface area contributed by atoms with Crippen LogP contribution in [0.15, 0.2) is 12.1 Å². The number of aromatic nitrogens is 3. The van der Waals surface area contributed by atoms with Crippen LogP contribution in [0.4, 0.5) is 0 Å². The Morgan fingerprint density at radius 1 is 0.938 bits per heavy atom. The Morgan fingerprint density at radius 3 is 2.12 bits per heavy atom. The van der Waals surface area contributed by atoms with Crippen molar-refractivity contribution in [1.82, 2.24) is 14.8 Å². The summed E-state index contributed by atoms with van der Waals surface area (Å²) in [6.07, 6.45) is 0. The third kappa shape index (κ3) is 2.00. The monoisotopic (exact) mass is 295 g/mol. The molecule has 16 heavy (non-hydrogen) atoms. The van der Waals surface area contributed by atoms with Crippen LogP contribution in [0, 0.1) is 6.92 Å². The lowest BCUT2D eigenvalue weighted by molar-refractivity contribution is 0.970. The first-order valence-electron chi connectivity index (χ1n) is 4.23. The van der Waals surface area contributed by atoms with Gasteiger partial charge >= 0.3 is 0 Å². The van der Waals surface area contributed by atoms with Crippen LogP contribution in [-0.4, -0.2) is 14.8 Å². The molecule has 0 aliphatic carbocycles. The summed E-state index contributed by atoms with van der Waals surface area (Å²) in [6.45, 7) is 1.76. The molecule has 0 saturated heterocycles. The number of aryl methyl sites for hydroxylation is 1. The van der Waals surface area contributed by atoms with Gasteiger partial charge in [-0.15, -0.1) is 10.2 Å². The number of hydrogen-bond donors (Lipinski definition) is 0. The highest BCUT2D eigenvalue weighted by Gasteiger charge is 2.13. The van der Waals surface area contributed by atoms with Crippen molar-refractivity contribution in [3.8, 4) is 5.69 Å². The summed E-state index contributed by atoms with van der Waals surface area (Å²) in [4.78, 5) is 0. The minimum Gasteiger partial charge on any atom is -0.268 e. The van der Waals surface area contributed by atoms with Crippen LogP contribution in [0.1, 0.15) is 5.82 Å². The van der Waals surface area contributed by atoms with Crippen LogP contribution in [0.3, 0.4) is 0 Å². The van der Waals surface area contributed by atoms with E-state index in [2.05, 4.69) is 10.2 Å². The van der Waals surface area contributed by atoms with Crippen LogP contribution >= 0.6 is 46.4 Å². The molecule has 0 aliphatic rings. The van der Waals surface area contributed by atoms with Gasteiger partial charge in [-0.25, -0.2) is 0 Å². The maximum absolute atomic E-state index is 6.06. The van der Waals surface area contributed by atoms with Gasteiger partial charge in [0, 0.05) is 0 Å².